The first-order chi connectivity index (χ1) is 7.63. The minimum Gasteiger partial charge on any atom is -0.0651 e. The molecule has 0 heteroatoms. The second-order valence-corrected chi connectivity index (χ2v) is 6.82. The SMILES string of the molecule is CCC1CCC(C2C(C)CC(C)C2C)CC1. The van der Waals surface area contributed by atoms with Crippen molar-refractivity contribution < 1.29 is 0 Å². The number of hydrogen-bond acceptors (Lipinski definition) is 0. The third-order valence-corrected chi connectivity index (χ3v) is 5.92. The standard InChI is InChI=1S/C16H30/c1-5-14-6-8-15(9-7-14)16-12(3)10-11(2)13(16)4/h11-16H,5-10H2,1-4H3. The molecule has 0 heterocycles. The van der Waals surface area contributed by atoms with E-state index in [4.69, 9.17) is 0 Å². The first-order valence-corrected chi connectivity index (χ1v) is 7.63. The Bertz CT molecular complexity index is 212. The van der Waals surface area contributed by atoms with Gasteiger partial charge in [0.15, 0.2) is 0 Å². The lowest BCUT2D eigenvalue weighted by Gasteiger charge is -2.36. The number of hydrogen-bond donors (Lipinski definition) is 0. The highest BCUT2D eigenvalue weighted by molar-refractivity contribution is 4.90. The zero-order chi connectivity index (χ0) is 11.7. The van der Waals surface area contributed by atoms with Gasteiger partial charge in [-0.25, -0.2) is 0 Å². The predicted octanol–water partition coefficient (Wildman–Crippen LogP) is 5.13. The van der Waals surface area contributed by atoms with Crippen LogP contribution in [0.1, 0.15) is 66.2 Å². The number of rotatable bonds is 2. The van der Waals surface area contributed by atoms with Crippen LogP contribution < -0.4 is 0 Å². The molecule has 0 aromatic rings. The van der Waals surface area contributed by atoms with Crippen molar-refractivity contribution in [1.29, 1.82) is 0 Å². The Morgan fingerprint density at radius 2 is 1.50 bits per heavy atom. The smallest absolute Gasteiger partial charge is 0.0332 e. The molecule has 0 bridgehead atoms. The van der Waals surface area contributed by atoms with Crippen LogP contribution in [0.2, 0.25) is 0 Å². The molecule has 0 aliphatic heterocycles. The maximum Gasteiger partial charge on any atom is -0.0332 e. The molecule has 0 N–H and O–H groups in total. The highest BCUT2D eigenvalue weighted by Gasteiger charge is 2.41. The largest absolute Gasteiger partial charge is 0.0651 e. The van der Waals surface area contributed by atoms with Crippen LogP contribution in [0.5, 0.6) is 0 Å². The normalized spacial score (nSPS) is 49.5. The fourth-order valence-corrected chi connectivity index (χ4v) is 4.73. The molecule has 2 rings (SSSR count). The lowest BCUT2D eigenvalue weighted by molar-refractivity contribution is 0.141. The van der Waals surface area contributed by atoms with Crippen LogP contribution in [0.4, 0.5) is 0 Å². The van der Waals surface area contributed by atoms with Crippen molar-refractivity contribution in [3.63, 3.8) is 0 Å². The zero-order valence-electron chi connectivity index (χ0n) is 11.7. The average molecular weight is 222 g/mol. The van der Waals surface area contributed by atoms with Crippen molar-refractivity contribution in [2.24, 2.45) is 35.5 Å². The molecular formula is C16H30. The summed E-state index contributed by atoms with van der Waals surface area (Å²) in [6.07, 6.45) is 9.00. The molecule has 0 amide bonds. The predicted molar refractivity (Wildman–Crippen MR) is 71.3 cm³/mol. The second-order valence-electron chi connectivity index (χ2n) is 6.82. The lowest BCUT2D eigenvalue weighted by Crippen LogP contribution is -2.27. The summed E-state index contributed by atoms with van der Waals surface area (Å²) >= 11 is 0. The van der Waals surface area contributed by atoms with Crippen molar-refractivity contribution in [2.75, 3.05) is 0 Å². The molecule has 2 aliphatic carbocycles. The van der Waals surface area contributed by atoms with E-state index in [0.717, 1.165) is 35.5 Å². The molecule has 2 aliphatic rings. The van der Waals surface area contributed by atoms with Crippen molar-refractivity contribution in [3.05, 3.63) is 0 Å². The minimum atomic E-state index is 0.976. The molecular weight excluding hydrogens is 192 g/mol. The zero-order valence-corrected chi connectivity index (χ0v) is 11.7. The molecule has 4 atom stereocenters. The summed E-state index contributed by atoms with van der Waals surface area (Å²) in [7, 11) is 0. The Kier molecular flexibility index (Phi) is 3.97. The fourth-order valence-electron chi connectivity index (χ4n) is 4.73. The summed E-state index contributed by atoms with van der Waals surface area (Å²) in [6, 6.07) is 0. The van der Waals surface area contributed by atoms with Crippen molar-refractivity contribution in [2.45, 2.75) is 66.2 Å². The highest BCUT2D eigenvalue weighted by atomic mass is 14.5. The van der Waals surface area contributed by atoms with Crippen LogP contribution in [0.3, 0.4) is 0 Å². The van der Waals surface area contributed by atoms with Crippen molar-refractivity contribution in [3.8, 4) is 0 Å². The lowest BCUT2D eigenvalue weighted by atomic mass is 9.69. The molecule has 0 radical (unpaired) electrons. The van der Waals surface area contributed by atoms with E-state index in [0.29, 0.717) is 0 Å². The molecule has 4 unspecified atom stereocenters. The van der Waals surface area contributed by atoms with E-state index in [1.807, 2.05) is 0 Å². The molecule has 2 saturated carbocycles. The van der Waals surface area contributed by atoms with Crippen LogP contribution in [0.15, 0.2) is 0 Å². The minimum absolute atomic E-state index is 0.976. The Morgan fingerprint density at radius 3 is 1.94 bits per heavy atom. The summed E-state index contributed by atoms with van der Waals surface area (Å²) in [5.41, 5.74) is 0. The molecule has 0 nitrogen and oxygen atoms in total. The van der Waals surface area contributed by atoms with E-state index in [9.17, 15) is 0 Å². The topological polar surface area (TPSA) is 0 Å². The van der Waals surface area contributed by atoms with Gasteiger partial charge in [0.2, 0.25) is 0 Å². The summed E-state index contributed by atoms with van der Waals surface area (Å²) < 4.78 is 0. The van der Waals surface area contributed by atoms with Gasteiger partial charge in [0, 0.05) is 0 Å². The average Bonchev–Trinajstić information content (AvgIpc) is 2.54. The Hall–Kier alpha value is 0. The van der Waals surface area contributed by atoms with E-state index >= 15 is 0 Å². The van der Waals surface area contributed by atoms with E-state index in [1.54, 1.807) is 0 Å². The first-order valence-electron chi connectivity index (χ1n) is 7.63. The van der Waals surface area contributed by atoms with Gasteiger partial charge in [0.25, 0.3) is 0 Å². The molecule has 0 aromatic carbocycles. The van der Waals surface area contributed by atoms with Gasteiger partial charge in [0.05, 0.1) is 0 Å². The van der Waals surface area contributed by atoms with Gasteiger partial charge in [-0.05, 0) is 54.8 Å². The molecule has 94 valence electrons. The summed E-state index contributed by atoms with van der Waals surface area (Å²) in [5, 5.41) is 0. The fraction of sp³-hybridized carbons (Fsp3) is 1.00. The van der Waals surface area contributed by atoms with Gasteiger partial charge < -0.3 is 0 Å². The molecule has 2 fully saturated rings. The van der Waals surface area contributed by atoms with E-state index in [1.165, 1.54) is 38.5 Å². The maximum atomic E-state index is 2.52. The van der Waals surface area contributed by atoms with Crippen LogP contribution in [-0.2, 0) is 0 Å². The van der Waals surface area contributed by atoms with Crippen molar-refractivity contribution in [1.82, 2.24) is 0 Å². The summed E-state index contributed by atoms with van der Waals surface area (Å²) in [6.45, 7) is 9.87. The Labute approximate surface area is 102 Å². The van der Waals surface area contributed by atoms with Gasteiger partial charge in [0.1, 0.15) is 0 Å². The van der Waals surface area contributed by atoms with Crippen molar-refractivity contribution >= 4 is 0 Å². The van der Waals surface area contributed by atoms with Gasteiger partial charge >= 0.3 is 0 Å². The van der Waals surface area contributed by atoms with Crippen LogP contribution in [0.25, 0.3) is 0 Å². The molecule has 16 heavy (non-hydrogen) atoms. The van der Waals surface area contributed by atoms with Gasteiger partial charge in [-0.2, -0.15) is 0 Å². The van der Waals surface area contributed by atoms with E-state index in [-0.39, 0.29) is 0 Å². The van der Waals surface area contributed by atoms with Gasteiger partial charge in [-0.15, -0.1) is 0 Å². The quantitative estimate of drug-likeness (QED) is 0.607. The summed E-state index contributed by atoms with van der Waals surface area (Å²) in [5.74, 6) is 6.13. The second kappa shape index (κ2) is 5.10. The van der Waals surface area contributed by atoms with Crippen LogP contribution in [-0.4, -0.2) is 0 Å². The maximum absolute atomic E-state index is 2.52. The van der Waals surface area contributed by atoms with Crippen LogP contribution in [0, 0.1) is 35.5 Å². The summed E-state index contributed by atoms with van der Waals surface area (Å²) in [4.78, 5) is 0. The van der Waals surface area contributed by atoms with E-state index < -0.39 is 0 Å². The monoisotopic (exact) mass is 222 g/mol. The first kappa shape index (κ1) is 12.5. The van der Waals surface area contributed by atoms with Gasteiger partial charge in [-0.1, -0.05) is 47.0 Å². The Morgan fingerprint density at radius 1 is 0.875 bits per heavy atom. The van der Waals surface area contributed by atoms with Gasteiger partial charge in [-0.3, -0.25) is 0 Å². The van der Waals surface area contributed by atoms with Crippen LogP contribution >= 0.6 is 0 Å². The highest BCUT2D eigenvalue weighted by Crippen LogP contribution is 2.49. The molecule has 0 aromatic heterocycles. The Balaban J connectivity index is 1.93. The molecule has 0 saturated heterocycles. The third kappa shape index (κ3) is 2.31. The molecule has 0 spiro atoms. The van der Waals surface area contributed by atoms with E-state index in [2.05, 4.69) is 27.7 Å². The third-order valence-electron chi connectivity index (χ3n) is 5.92.